The van der Waals surface area contributed by atoms with Crippen LogP contribution in [0.5, 0.6) is 0 Å². The van der Waals surface area contributed by atoms with E-state index < -0.39 is 0 Å². The van der Waals surface area contributed by atoms with Gasteiger partial charge in [0, 0.05) is 18.4 Å². The molecular weight excluding hydrogens is 162 g/mol. The first kappa shape index (κ1) is 11.0. The summed E-state index contributed by atoms with van der Waals surface area (Å²) < 4.78 is 0. The van der Waals surface area contributed by atoms with Gasteiger partial charge in [-0.1, -0.05) is 13.8 Å². The Morgan fingerprint density at radius 2 is 2.08 bits per heavy atom. The molecule has 4 N–H and O–H groups in total. The maximum Gasteiger partial charge on any atom is 0.143 e. The lowest BCUT2D eigenvalue weighted by Crippen LogP contribution is -3.01. The van der Waals surface area contributed by atoms with E-state index >= 15 is 0 Å². The van der Waals surface area contributed by atoms with Gasteiger partial charge in [-0.3, -0.25) is 4.90 Å². The summed E-state index contributed by atoms with van der Waals surface area (Å²) in [5, 5.41) is 2.48. The van der Waals surface area contributed by atoms with Gasteiger partial charge in [0.25, 0.3) is 0 Å². The van der Waals surface area contributed by atoms with Gasteiger partial charge in [0.15, 0.2) is 0 Å². The van der Waals surface area contributed by atoms with Gasteiger partial charge in [-0.25, -0.2) is 0 Å². The lowest BCUT2D eigenvalue weighted by Gasteiger charge is -2.38. The van der Waals surface area contributed by atoms with Crippen LogP contribution in [0, 0.1) is 5.92 Å². The van der Waals surface area contributed by atoms with Gasteiger partial charge in [-0.2, -0.15) is 0 Å². The molecule has 0 aliphatic carbocycles. The van der Waals surface area contributed by atoms with Gasteiger partial charge >= 0.3 is 0 Å². The van der Waals surface area contributed by atoms with E-state index in [-0.39, 0.29) is 0 Å². The summed E-state index contributed by atoms with van der Waals surface area (Å²) in [4.78, 5) is 2.27. The van der Waals surface area contributed by atoms with E-state index in [0.717, 1.165) is 6.42 Å². The number of nitrogens with two attached hydrogens (primary N) is 2. The first-order chi connectivity index (χ1) is 6.06. The van der Waals surface area contributed by atoms with Crippen LogP contribution >= 0.6 is 0 Å². The van der Waals surface area contributed by atoms with Crippen molar-refractivity contribution in [3.8, 4) is 0 Å². The standard InChI is InChI=1S/C10H23N3/c1-5-9-7(2)8(11)6-10(12-9)13(3)4/h7-10,12H,5-6,11H2,1-4H3/p+1. The van der Waals surface area contributed by atoms with E-state index in [1.165, 1.54) is 6.42 Å². The molecule has 1 aliphatic heterocycles. The molecule has 0 bridgehead atoms. The monoisotopic (exact) mass is 186 g/mol. The molecular formula is C10H24N3+. The Labute approximate surface area is 81.7 Å². The minimum Gasteiger partial charge on any atom is -0.329 e. The van der Waals surface area contributed by atoms with E-state index in [4.69, 9.17) is 5.73 Å². The molecule has 1 heterocycles. The predicted molar refractivity (Wildman–Crippen MR) is 55.2 cm³/mol. The fourth-order valence-electron chi connectivity index (χ4n) is 2.24. The maximum atomic E-state index is 6.13. The largest absolute Gasteiger partial charge is 0.329 e. The Hall–Kier alpha value is -0.120. The highest BCUT2D eigenvalue weighted by Gasteiger charge is 2.35. The minimum absolute atomic E-state index is 0.377. The van der Waals surface area contributed by atoms with E-state index in [0.29, 0.717) is 24.2 Å². The van der Waals surface area contributed by atoms with Gasteiger partial charge in [-0.05, 0) is 20.5 Å². The number of quaternary nitrogens is 1. The first-order valence-electron chi connectivity index (χ1n) is 5.33. The SMILES string of the molecule is CCC1[NH2+]C(N(C)C)CC(N)C1C. The molecule has 78 valence electrons. The fraction of sp³-hybridized carbons (Fsp3) is 1.00. The predicted octanol–water partition coefficient (Wildman–Crippen LogP) is -0.417. The number of hydrogen-bond acceptors (Lipinski definition) is 2. The third-order valence-corrected chi connectivity index (χ3v) is 3.47. The third kappa shape index (κ3) is 2.42. The Morgan fingerprint density at radius 3 is 2.54 bits per heavy atom. The molecule has 3 heteroatoms. The van der Waals surface area contributed by atoms with Crippen molar-refractivity contribution < 1.29 is 5.32 Å². The average molecular weight is 186 g/mol. The van der Waals surface area contributed by atoms with Crippen molar-refractivity contribution in [1.29, 1.82) is 0 Å². The molecule has 1 fully saturated rings. The topological polar surface area (TPSA) is 45.9 Å². The number of rotatable bonds is 2. The van der Waals surface area contributed by atoms with Crippen LogP contribution in [0.1, 0.15) is 26.7 Å². The first-order valence-corrected chi connectivity index (χ1v) is 5.33. The molecule has 0 saturated carbocycles. The smallest absolute Gasteiger partial charge is 0.143 e. The van der Waals surface area contributed by atoms with Crippen LogP contribution in [0.3, 0.4) is 0 Å². The van der Waals surface area contributed by atoms with E-state index in [9.17, 15) is 0 Å². The summed E-state index contributed by atoms with van der Waals surface area (Å²) in [7, 11) is 4.27. The zero-order valence-corrected chi connectivity index (χ0v) is 9.33. The van der Waals surface area contributed by atoms with Crippen molar-refractivity contribution in [2.24, 2.45) is 11.7 Å². The third-order valence-electron chi connectivity index (χ3n) is 3.47. The Bertz CT molecular complexity index is 158. The molecule has 0 radical (unpaired) electrons. The zero-order valence-electron chi connectivity index (χ0n) is 9.33. The van der Waals surface area contributed by atoms with Crippen LogP contribution < -0.4 is 11.1 Å². The summed E-state index contributed by atoms with van der Waals surface area (Å²) in [6, 6.07) is 1.08. The second-order valence-electron chi connectivity index (χ2n) is 4.55. The van der Waals surface area contributed by atoms with Gasteiger partial charge in [0.1, 0.15) is 6.17 Å². The molecule has 13 heavy (non-hydrogen) atoms. The van der Waals surface area contributed by atoms with Crippen molar-refractivity contribution >= 4 is 0 Å². The highest BCUT2D eigenvalue weighted by atomic mass is 15.2. The molecule has 0 aromatic heterocycles. The van der Waals surface area contributed by atoms with Gasteiger partial charge in [-0.15, -0.1) is 0 Å². The molecule has 4 atom stereocenters. The second-order valence-corrected chi connectivity index (χ2v) is 4.55. The van der Waals surface area contributed by atoms with Crippen LogP contribution in [0.25, 0.3) is 0 Å². The van der Waals surface area contributed by atoms with Crippen molar-refractivity contribution in [2.75, 3.05) is 14.1 Å². The summed E-state index contributed by atoms with van der Waals surface area (Å²) in [6.45, 7) is 4.53. The Balaban J connectivity index is 2.58. The van der Waals surface area contributed by atoms with Crippen molar-refractivity contribution in [2.45, 2.75) is 44.9 Å². The maximum absolute atomic E-state index is 6.13. The molecule has 1 aliphatic rings. The average Bonchev–Trinajstić information content (AvgIpc) is 2.09. The molecule has 3 nitrogen and oxygen atoms in total. The van der Waals surface area contributed by atoms with Crippen LogP contribution in [0.15, 0.2) is 0 Å². The van der Waals surface area contributed by atoms with Crippen LogP contribution in [0.2, 0.25) is 0 Å². The molecule has 4 unspecified atom stereocenters. The zero-order chi connectivity index (χ0) is 10.0. The molecule has 0 aromatic rings. The normalized spacial score (nSPS) is 41.1. The quantitative estimate of drug-likeness (QED) is 0.615. The van der Waals surface area contributed by atoms with Crippen molar-refractivity contribution in [3.05, 3.63) is 0 Å². The van der Waals surface area contributed by atoms with Gasteiger partial charge in [0.05, 0.1) is 6.04 Å². The highest BCUT2D eigenvalue weighted by molar-refractivity contribution is 4.80. The Kier molecular flexibility index (Phi) is 3.71. The molecule has 1 saturated heterocycles. The summed E-state index contributed by atoms with van der Waals surface area (Å²) >= 11 is 0. The van der Waals surface area contributed by atoms with Crippen LogP contribution in [0.4, 0.5) is 0 Å². The second kappa shape index (κ2) is 4.40. The lowest BCUT2D eigenvalue weighted by molar-refractivity contribution is -0.753. The van der Waals surface area contributed by atoms with Crippen molar-refractivity contribution in [1.82, 2.24) is 4.90 Å². The van der Waals surface area contributed by atoms with Crippen LogP contribution in [-0.4, -0.2) is 37.2 Å². The minimum atomic E-state index is 0.377. The molecule has 0 aromatic carbocycles. The molecule has 1 rings (SSSR count). The van der Waals surface area contributed by atoms with E-state index in [1.54, 1.807) is 0 Å². The summed E-state index contributed by atoms with van der Waals surface area (Å²) in [6.07, 6.45) is 2.92. The number of hydrogen-bond donors (Lipinski definition) is 2. The van der Waals surface area contributed by atoms with Crippen LogP contribution in [-0.2, 0) is 0 Å². The lowest BCUT2D eigenvalue weighted by atomic mass is 9.85. The molecule has 0 spiro atoms. The summed E-state index contributed by atoms with van der Waals surface area (Å²) in [5.41, 5.74) is 6.13. The number of piperidine rings is 1. The number of nitrogens with zero attached hydrogens (tertiary/aromatic N) is 1. The van der Waals surface area contributed by atoms with E-state index in [2.05, 4.69) is 38.2 Å². The molecule has 0 amide bonds. The summed E-state index contributed by atoms with van der Waals surface area (Å²) in [5.74, 6) is 0.654. The van der Waals surface area contributed by atoms with Gasteiger partial charge in [0.2, 0.25) is 0 Å². The fourth-order valence-corrected chi connectivity index (χ4v) is 2.24. The van der Waals surface area contributed by atoms with Gasteiger partial charge < -0.3 is 11.1 Å². The highest BCUT2D eigenvalue weighted by Crippen LogP contribution is 2.16. The van der Waals surface area contributed by atoms with E-state index in [1.807, 2.05) is 0 Å². The Morgan fingerprint density at radius 1 is 1.46 bits per heavy atom. The van der Waals surface area contributed by atoms with Crippen molar-refractivity contribution in [3.63, 3.8) is 0 Å².